The lowest BCUT2D eigenvalue weighted by Gasteiger charge is -2.04. The largest absolute Gasteiger partial charge is 0.493 e. The van der Waals surface area contributed by atoms with Gasteiger partial charge >= 0.3 is 5.97 Å². The van der Waals surface area contributed by atoms with E-state index in [9.17, 15) is 4.79 Å². The maximum absolute atomic E-state index is 11.3. The lowest BCUT2D eigenvalue weighted by molar-refractivity contribution is 0.0525. The number of carbonyl (C=O) groups is 1. The van der Waals surface area contributed by atoms with Crippen LogP contribution in [-0.4, -0.2) is 24.7 Å². The molecule has 4 nitrogen and oxygen atoms in total. The van der Waals surface area contributed by atoms with Crippen molar-refractivity contribution in [1.29, 1.82) is 0 Å². The van der Waals surface area contributed by atoms with Gasteiger partial charge in [-0.15, -0.1) is 0 Å². The summed E-state index contributed by atoms with van der Waals surface area (Å²) in [6, 6.07) is 1.49. The zero-order valence-electron chi connectivity index (χ0n) is 7.91. The monoisotopic (exact) mass is 215 g/mol. The number of carbonyl (C=O) groups excluding carboxylic acids is 1. The summed E-state index contributed by atoms with van der Waals surface area (Å²) in [6.45, 7) is 2.06. The van der Waals surface area contributed by atoms with Gasteiger partial charge in [0.2, 0.25) is 0 Å². The Hall–Kier alpha value is -1.29. The number of methoxy groups -OCH3 is 1. The van der Waals surface area contributed by atoms with E-state index in [4.69, 9.17) is 21.1 Å². The van der Waals surface area contributed by atoms with Crippen LogP contribution in [0.1, 0.15) is 17.3 Å². The first-order valence-electron chi connectivity index (χ1n) is 4.05. The fourth-order valence-corrected chi connectivity index (χ4v) is 1.08. The van der Waals surface area contributed by atoms with Crippen LogP contribution in [0.15, 0.2) is 12.3 Å². The fraction of sp³-hybridized carbons (Fsp3) is 0.333. The zero-order valence-corrected chi connectivity index (χ0v) is 8.67. The Balaban J connectivity index is 2.94. The average molecular weight is 216 g/mol. The normalized spacial score (nSPS) is 9.64. The fourth-order valence-electron chi connectivity index (χ4n) is 0.897. The molecule has 0 spiro atoms. The van der Waals surface area contributed by atoms with Gasteiger partial charge in [-0.05, 0) is 13.0 Å². The van der Waals surface area contributed by atoms with Gasteiger partial charge in [-0.1, -0.05) is 11.6 Å². The van der Waals surface area contributed by atoms with E-state index < -0.39 is 5.97 Å². The van der Waals surface area contributed by atoms with Gasteiger partial charge in [0.15, 0.2) is 10.9 Å². The zero-order chi connectivity index (χ0) is 10.6. The summed E-state index contributed by atoms with van der Waals surface area (Å²) < 4.78 is 9.70. The summed E-state index contributed by atoms with van der Waals surface area (Å²) in [5.41, 5.74) is 0.327. The number of hydrogen-bond donors (Lipinski definition) is 0. The Kier molecular flexibility index (Phi) is 3.71. The third kappa shape index (κ3) is 2.35. The van der Waals surface area contributed by atoms with Gasteiger partial charge in [-0.2, -0.15) is 0 Å². The number of halogens is 1. The molecule has 0 atom stereocenters. The molecule has 0 bridgehead atoms. The van der Waals surface area contributed by atoms with Crippen molar-refractivity contribution in [1.82, 2.24) is 4.98 Å². The van der Waals surface area contributed by atoms with Gasteiger partial charge < -0.3 is 9.47 Å². The number of aromatic nitrogens is 1. The maximum atomic E-state index is 11.3. The molecule has 1 heterocycles. The van der Waals surface area contributed by atoms with E-state index in [2.05, 4.69) is 4.98 Å². The number of esters is 1. The maximum Gasteiger partial charge on any atom is 0.339 e. The van der Waals surface area contributed by atoms with Crippen LogP contribution >= 0.6 is 11.6 Å². The molecule has 0 amide bonds. The molecule has 1 rings (SSSR count). The second-order valence-corrected chi connectivity index (χ2v) is 2.80. The number of nitrogens with zero attached hydrogens (tertiary/aromatic N) is 1. The minimum atomic E-state index is -0.435. The molecule has 1 aromatic heterocycles. The molecule has 0 fully saturated rings. The van der Waals surface area contributed by atoms with Crippen molar-refractivity contribution in [3.63, 3.8) is 0 Å². The van der Waals surface area contributed by atoms with Crippen LogP contribution < -0.4 is 4.74 Å². The van der Waals surface area contributed by atoms with Gasteiger partial charge in [-0.3, -0.25) is 0 Å². The number of ether oxygens (including phenoxy) is 2. The molecule has 0 saturated heterocycles. The van der Waals surface area contributed by atoms with Crippen LogP contribution in [-0.2, 0) is 4.74 Å². The topological polar surface area (TPSA) is 48.4 Å². The molecule has 0 aliphatic rings. The molecule has 0 saturated carbocycles. The van der Waals surface area contributed by atoms with E-state index in [0.717, 1.165) is 0 Å². The minimum absolute atomic E-state index is 0.223. The summed E-state index contributed by atoms with van der Waals surface area (Å²) in [7, 11) is 1.46. The van der Waals surface area contributed by atoms with E-state index in [1.807, 2.05) is 0 Å². The number of rotatable bonds is 3. The Morgan fingerprint density at radius 3 is 2.93 bits per heavy atom. The minimum Gasteiger partial charge on any atom is -0.493 e. The van der Waals surface area contributed by atoms with Gasteiger partial charge in [0, 0.05) is 6.20 Å². The average Bonchev–Trinajstić information content (AvgIpc) is 2.19. The molecule has 0 N–H and O–H groups in total. The van der Waals surface area contributed by atoms with Crippen molar-refractivity contribution in [3.8, 4) is 5.75 Å². The summed E-state index contributed by atoms with van der Waals surface area (Å²) in [4.78, 5) is 15.1. The van der Waals surface area contributed by atoms with Crippen molar-refractivity contribution >= 4 is 17.6 Å². The Morgan fingerprint density at radius 1 is 1.64 bits per heavy atom. The smallest absolute Gasteiger partial charge is 0.339 e. The summed E-state index contributed by atoms with van der Waals surface area (Å²) in [5, 5.41) is 0.223. The summed E-state index contributed by atoms with van der Waals surface area (Å²) in [5.74, 6) is -0.0767. The first-order chi connectivity index (χ1) is 6.69. The third-order valence-corrected chi connectivity index (χ3v) is 1.82. The molecule has 5 heteroatoms. The predicted octanol–water partition coefficient (Wildman–Crippen LogP) is 1.92. The van der Waals surface area contributed by atoms with Gasteiger partial charge in [0.05, 0.1) is 19.3 Å². The second kappa shape index (κ2) is 4.81. The van der Waals surface area contributed by atoms with E-state index in [-0.39, 0.29) is 5.15 Å². The predicted molar refractivity (Wildman–Crippen MR) is 51.8 cm³/mol. The molecule has 0 aliphatic carbocycles. The highest BCUT2D eigenvalue weighted by Crippen LogP contribution is 2.22. The third-order valence-electron chi connectivity index (χ3n) is 1.54. The summed E-state index contributed by atoms with van der Waals surface area (Å²) >= 11 is 5.69. The molecule has 0 radical (unpaired) electrons. The van der Waals surface area contributed by atoms with E-state index >= 15 is 0 Å². The van der Waals surface area contributed by atoms with Crippen LogP contribution in [0.2, 0.25) is 5.15 Å². The van der Waals surface area contributed by atoms with Gasteiger partial charge in [0.25, 0.3) is 0 Å². The first-order valence-corrected chi connectivity index (χ1v) is 4.43. The van der Waals surface area contributed by atoms with Crippen molar-refractivity contribution in [2.24, 2.45) is 0 Å². The number of pyridine rings is 1. The highest BCUT2D eigenvalue weighted by atomic mass is 35.5. The van der Waals surface area contributed by atoms with Crippen LogP contribution in [0.3, 0.4) is 0 Å². The Morgan fingerprint density at radius 2 is 2.36 bits per heavy atom. The van der Waals surface area contributed by atoms with Crippen molar-refractivity contribution in [2.75, 3.05) is 13.7 Å². The van der Waals surface area contributed by atoms with E-state index in [1.54, 1.807) is 6.92 Å². The molecule has 0 unspecified atom stereocenters. The van der Waals surface area contributed by atoms with Crippen LogP contribution in [0.25, 0.3) is 0 Å². The Labute approximate surface area is 86.8 Å². The highest BCUT2D eigenvalue weighted by Gasteiger charge is 2.10. The van der Waals surface area contributed by atoms with Crippen molar-refractivity contribution in [2.45, 2.75) is 6.92 Å². The molecule has 0 aromatic carbocycles. The molecular weight excluding hydrogens is 206 g/mol. The Bertz CT molecular complexity index is 341. The molecule has 14 heavy (non-hydrogen) atoms. The van der Waals surface area contributed by atoms with E-state index in [0.29, 0.717) is 17.9 Å². The highest BCUT2D eigenvalue weighted by molar-refractivity contribution is 6.30. The standard InChI is InChI=1S/C9H10ClNO3/c1-3-14-9(12)6-4-7(13-2)8(10)11-5-6/h4-5H,3H2,1-2H3. The quantitative estimate of drug-likeness (QED) is 0.571. The van der Waals surface area contributed by atoms with Gasteiger partial charge in [-0.25, -0.2) is 9.78 Å². The lowest BCUT2D eigenvalue weighted by Crippen LogP contribution is -2.05. The van der Waals surface area contributed by atoms with Crippen LogP contribution in [0.4, 0.5) is 0 Å². The van der Waals surface area contributed by atoms with Crippen molar-refractivity contribution < 1.29 is 14.3 Å². The summed E-state index contributed by atoms with van der Waals surface area (Å²) in [6.07, 6.45) is 1.35. The SMILES string of the molecule is CCOC(=O)c1cnc(Cl)c(OC)c1. The van der Waals surface area contributed by atoms with Crippen LogP contribution in [0, 0.1) is 0 Å². The molecular formula is C9H10ClNO3. The first kappa shape index (κ1) is 10.8. The molecule has 76 valence electrons. The second-order valence-electron chi connectivity index (χ2n) is 2.44. The van der Waals surface area contributed by atoms with Crippen LogP contribution in [0.5, 0.6) is 5.75 Å². The lowest BCUT2D eigenvalue weighted by atomic mass is 10.3. The van der Waals surface area contributed by atoms with E-state index in [1.165, 1.54) is 19.4 Å². The van der Waals surface area contributed by atoms with Crippen molar-refractivity contribution in [3.05, 3.63) is 23.0 Å². The van der Waals surface area contributed by atoms with Gasteiger partial charge in [0.1, 0.15) is 0 Å². The molecule has 1 aromatic rings. The number of hydrogen-bond acceptors (Lipinski definition) is 4. The molecule has 0 aliphatic heterocycles.